The molecule has 1 saturated carbocycles. The Morgan fingerprint density at radius 1 is 1.13 bits per heavy atom. The number of fused-ring (bicyclic) bond motifs is 2. The molecule has 2 aromatic carbocycles. The SMILES string of the molecule is COCOCCn1c(-c2cccc3c2NC(=O)C(C)(C)C3N)c(C2CCCCC2)c2ccc(C(=O)OC)cc21. The van der Waals surface area contributed by atoms with Crippen molar-refractivity contribution >= 4 is 28.5 Å². The third-order valence-corrected chi connectivity index (χ3v) is 8.49. The van der Waals surface area contributed by atoms with Crippen LogP contribution in [-0.2, 0) is 25.5 Å². The van der Waals surface area contributed by atoms with E-state index in [1.165, 1.54) is 31.9 Å². The van der Waals surface area contributed by atoms with Gasteiger partial charge in [0, 0.05) is 36.2 Å². The molecular formula is C31H39N3O5. The Kier molecular flexibility index (Phi) is 7.80. The number of aromatic nitrogens is 1. The number of carbonyl (C=O) groups excluding carboxylic acids is 2. The Morgan fingerprint density at radius 3 is 2.62 bits per heavy atom. The lowest BCUT2D eigenvalue weighted by molar-refractivity contribution is -0.125. The molecule has 8 heteroatoms. The quantitative estimate of drug-likeness (QED) is 0.217. The van der Waals surface area contributed by atoms with Crippen LogP contribution in [0.4, 0.5) is 5.69 Å². The number of methoxy groups -OCH3 is 2. The van der Waals surface area contributed by atoms with Gasteiger partial charge in [0.15, 0.2) is 0 Å². The predicted octanol–water partition coefficient (Wildman–Crippen LogP) is 5.74. The Bertz CT molecular complexity index is 1390. The first-order valence-corrected chi connectivity index (χ1v) is 13.8. The summed E-state index contributed by atoms with van der Waals surface area (Å²) in [6.45, 7) is 4.92. The maximum absolute atomic E-state index is 13.2. The van der Waals surface area contributed by atoms with E-state index < -0.39 is 11.5 Å². The minimum absolute atomic E-state index is 0.0896. The third-order valence-electron chi connectivity index (χ3n) is 8.49. The van der Waals surface area contributed by atoms with E-state index in [9.17, 15) is 9.59 Å². The van der Waals surface area contributed by atoms with Crippen LogP contribution in [0.3, 0.4) is 0 Å². The van der Waals surface area contributed by atoms with E-state index in [1.54, 1.807) is 7.11 Å². The Labute approximate surface area is 229 Å². The van der Waals surface area contributed by atoms with Gasteiger partial charge in [-0.2, -0.15) is 0 Å². The molecule has 0 spiro atoms. The van der Waals surface area contributed by atoms with Crippen LogP contribution in [0.2, 0.25) is 0 Å². The zero-order valence-corrected chi connectivity index (χ0v) is 23.3. The van der Waals surface area contributed by atoms with Gasteiger partial charge in [-0.25, -0.2) is 4.79 Å². The molecule has 0 saturated heterocycles. The summed E-state index contributed by atoms with van der Waals surface area (Å²) in [6, 6.07) is 11.5. The van der Waals surface area contributed by atoms with Crippen molar-refractivity contribution in [2.24, 2.45) is 11.1 Å². The highest BCUT2D eigenvalue weighted by Crippen LogP contribution is 2.49. The van der Waals surface area contributed by atoms with Crippen LogP contribution >= 0.6 is 0 Å². The van der Waals surface area contributed by atoms with Crippen molar-refractivity contribution in [3.8, 4) is 11.3 Å². The van der Waals surface area contributed by atoms with Crippen molar-refractivity contribution in [3.05, 3.63) is 53.1 Å². The number of nitrogens with zero attached hydrogens (tertiary/aromatic N) is 1. The minimum atomic E-state index is -0.728. The van der Waals surface area contributed by atoms with E-state index in [4.69, 9.17) is 19.9 Å². The van der Waals surface area contributed by atoms with Gasteiger partial charge < -0.3 is 29.8 Å². The molecular weight excluding hydrogens is 494 g/mol. The van der Waals surface area contributed by atoms with Gasteiger partial charge in [-0.3, -0.25) is 4.79 Å². The summed E-state index contributed by atoms with van der Waals surface area (Å²) < 4.78 is 18.1. The fraction of sp³-hybridized carbons (Fsp3) is 0.484. The topological polar surface area (TPSA) is 105 Å². The van der Waals surface area contributed by atoms with Crippen LogP contribution in [0.5, 0.6) is 0 Å². The van der Waals surface area contributed by atoms with Crippen molar-refractivity contribution in [2.75, 3.05) is 32.9 Å². The second kappa shape index (κ2) is 11.1. The van der Waals surface area contributed by atoms with Crippen LogP contribution in [-0.4, -0.2) is 44.1 Å². The van der Waals surface area contributed by atoms with E-state index in [2.05, 4.69) is 16.0 Å². The van der Waals surface area contributed by atoms with Crippen LogP contribution in [0.15, 0.2) is 36.4 Å². The van der Waals surface area contributed by atoms with Crippen LogP contribution < -0.4 is 11.1 Å². The summed E-state index contributed by atoms with van der Waals surface area (Å²) in [5, 5.41) is 4.32. The Balaban J connectivity index is 1.79. The molecule has 208 valence electrons. The molecule has 3 N–H and O–H groups in total. The summed E-state index contributed by atoms with van der Waals surface area (Å²) in [7, 11) is 3.00. The van der Waals surface area contributed by atoms with Gasteiger partial charge in [-0.15, -0.1) is 0 Å². The normalized spacial score (nSPS) is 19.1. The third kappa shape index (κ3) is 4.86. The van der Waals surface area contributed by atoms with E-state index in [0.29, 0.717) is 24.6 Å². The van der Waals surface area contributed by atoms with Gasteiger partial charge in [0.2, 0.25) is 5.91 Å². The molecule has 5 rings (SSSR count). The second-order valence-electron chi connectivity index (χ2n) is 11.2. The zero-order chi connectivity index (χ0) is 27.7. The number of esters is 1. The minimum Gasteiger partial charge on any atom is -0.465 e. The van der Waals surface area contributed by atoms with Gasteiger partial charge in [-0.05, 0) is 55.9 Å². The molecule has 1 atom stereocenters. The number of hydrogen-bond acceptors (Lipinski definition) is 6. The Morgan fingerprint density at radius 2 is 1.90 bits per heavy atom. The number of para-hydroxylation sites is 1. The van der Waals surface area contributed by atoms with Crippen LogP contribution in [0.25, 0.3) is 22.2 Å². The number of rotatable bonds is 8. The predicted molar refractivity (Wildman–Crippen MR) is 152 cm³/mol. The standard InChI is InChI=1S/C31H39N3O5/c1-31(2)28(32)23-12-8-11-22(26(23)33-30(31)36)27-25(19-9-6-5-7-10-19)21-14-13-20(29(35)38-4)17-24(21)34(27)15-16-39-18-37-3/h8,11-14,17,19,28H,5-7,9-10,15-16,18,32H2,1-4H3,(H,33,36). The summed E-state index contributed by atoms with van der Waals surface area (Å²) in [5.41, 5.74) is 12.3. The van der Waals surface area contributed by atoms with Gasteiger partial charge in [0.25, 0.3) is 0 Å². The first-order chi connectivity index (χ1) is 18.8. The molecule has 0 radical (unpaired) electrons. The number of ether oxygens (including phenoxy) is 3. The Hall–Kier alpha value is -3.20. The smallest absolute Gasteiger partial charge is 0.337 e. The van der Waals surface area contributed by atoms with Crippen molar-refractivity contribution in [1.82, 2.24) is 4.57 Å². The number of amides is 1. The lowest BCUT2D eigenvalue weighted by atomic mass is 9.75. The number of nitrogens with two attached hydrogens (primary N) is 1. The van der Waals surface area contributed by atoms with Crippen LogP contribution in [0, 0.1) is 5.41 Å². The highest BCUT2D eigenvalue weighted by molar-refractivity contribution is 6.05. The number of benzene rings is 2. The lowest BCUT2D eigenvalue weighted by Crippen LogP contribution is -2.44. The zero-order valence-electron chi connectivity index (χ0n) is 23.3. The fourth-order valence-corrected chi connectivity index (χ4v) is 6.22. The first-order valence-electron chi connectivity index (χ1n) is 13.8. The van der Waals surface area contributed by atoms with Crippen LogP contribution in [0.1, 0.15) is 79.4 Å². The van der Waals surface area contributed by atoms with Gasteiger partial charge >= 0.3 is 5.97 Å². The van der Waals surface area contributed by atoms with Gasteiger partial charge in [0.05, 0.1) is 36.1 Å². The molecule has 8 nitrogen and oxygen atoms in total. The number of nitrogens with one attached hydrogen (secondary N) is 1. The highest BCUT2D eigenvalue weighted by Gasteiger charge is 2.42. The lowest BCUT2D eigenvalue weighted by Gasteiger charge is -2.37. The summed E-state index contributed by atoms with van der Waals surface area (Å²) in [4.78, 5) is 25.8. The maximum atomic E-state index is 13.2. The summed E-state index contributed by atoms with van der Waals surface area (Å²) in [5.74, 6) is -0.103. The largest absolute Gasteiger partial charge is 0.465 e. The summed E-state index contributed by atoms with van der Waals surface area (Å²) >= 11 is 0. The molecule has 2 aliphatic rings. The molecule has 2 heterocycles. The molecule has 1 unspecified atom stereocenters. The molecule has 1 amide bonds. The average Bonchev–Trinajstić information content (AvgIpc) is 3.27. The molecule has 3 aromatic rings. The highest BCUT2D eigenvalue weighted by atomic mass is 16.7. The van der Waals surface area contributed by atoms with Gasteiger partial charge in [-0.1, -0.05) is 43.5 Å². The van der Waals surface area contributed by atoms with Crippen molar-refractivity contribution in [3.63, 3.8) is 0 Å². The average molecular weight is 534 g/mol. The van der Waals surface area contributed by atoms with Gasteiger partial charge in [0.1, 0.15) is 6.79 Å². The second-order valence-corrected chi connectivity index (χ2v) is 11.2. The number of anilines is 1. The number of carbonyl (C=O) groups is 2. The van der Waals surface area contributed by atoms with E-state index >= 15 is 0 Å². The van der Waals surface area contributed by atoms with Crippen molar-refractivity contribution < 1.29 is 23.8 Å². The monoisotopic (exact) mass is 533 g/mol. The molecule has 1 aromatic heterocycles. The molecule has 1 aliphatic heterocycles. The van der Waals surface area contributed by atoms with Crippen molar-refractivity contribution in [1.29, 1.82) is 0 Å². The molecule has 1 aliphatic carbocycles. The van der Waals surface area contributed by atoms with Crippen molar-refractivity contribution in [2.45, 2.75) is 64.5 Å². The molecule has 0 bridgehead atoms. The molecule has 1 fully saturated rings. The number of hydrogen-bond donors (Lipinski definition) is 2. The van der Waals surface area contributed by atoms with E-state index in [1.807, 2.05) is 44.2 Å². The van der Waals surface area contributed by atoms with E-state index in [0.717, 1.165) is 46.3 Å². The first kappa shape index (κ1) is 27.4. The van der Waals surface area contributed by atoms with E-state index in [-0.39, 0.29) is 18.7 Å². The summed E-state index contributed by atoms with van der Waals surface area (Å²) in [6.07, 6.45) is 5.79. The fourth-order valence-electron chi connectivity index (χ4n) is 6.22. The molecule has 39 heavy (non-hydrogen) atoms. The maximum Gasteiger partial charge on any atom is 0.337 e.